The van der Waals surface area contributed by atoms with Crippen LogP contribution in [0.2, 0.25) is 0 Å². The molecule has 232 valence electrons. The van der Waals surface area contributed by atoms with E-state index in [1.165, 1.54) is 0 Å². The van der Waals surface area contributed by atoms with Crippen molar-refractivity contribution in [2.75, 3.05) is 26.9 Å². The van der Waals surface area contributed by atoms with Crippen molar-refractivity contribution < 1.29 is 33.4 Å². The molecular weight excluding hydrogens is 532 g/mol. The number of unbranched alkanes of at least 4 members (excludes halogenated alkanes) is 5. The summed E-state index contributed by atoms with van der Waals surface area (Å²) in [4.78, 5) is 33.7. The van der Waals surface area contributed by atoms with Crippen LogP contribution in [0.15, 0.2) is 39.7 Å². The van der Waals surface area contributed by atoms with Crippen LogP contribution in [0.1, 0.15) is 72.1 Å². The van der Waals surface area contributed by atoms with E-state index in [-0.39, 0.29) is 36.1 Å². The van der Waals surface area contributed by atoms with Gasteiger partial charge in [-0.05, 0) is 26.2 Å². The summed E-state index contributed by atoms with van der Waals surface area (Å²) in [7, 11) is 1.65. The second-order valence-electron chi connectivity index (χ2n) is 9.73. The Hall–Kier alpha value is -3.29. The Morgan fingerprint density at radius 3 is 2.54 bits per heavy atom. The Kier molecular flexibility index (Phi) is 17.9. The van der Waals surface area contributed by atoms with Gasteiger partial charge in [0.1, 0.15) is 30.6 Å². The fourth-order valence-electron chi connectivity index (χ4n) is 3.96. The van der Waals surface area contributed by atoms with Crippen LogP contribution in [-0.4, -0.2) is 81.3 Å². The number of ether oxygens (including phenoxy) is 4. The van der Waals surface area contributed by atoms with Gasteiger partial charge in [0.05, 0.1) is 25.9 Å². The summed E-state index contributed by atoms with van der Waals surface area (Å²) in [5.41, 5.74) is 9.06. The first-order valence-electron chi connectivity index (χ1n) is 14.0. The highest BCUT2D eigenvalue weighted by molar-refractivity contribution is 6.02. The molecule has 0 aliphatic carbocycles. The van der Waals surface area contributed by atoms with Gasteiger partial charge >= 0.3 is 5.97 Å². The molecule has 1 fully saturated rings. The number of nitrogens with zero attached hydrogens (tertiary/aromatic N) is 4. The summed E-state index contributed by atoms with van der Waals surface area (Å²) in [6.07, 6.45) is 8.52. The van der Waals surface area contributed by atoms with E-state index in [0.717, 1.165) is 44.9 Å². The van der Waals surface area contributed by atoms with Crippen molar-refractivity contribution in [1.82, 2.24) is 10.5 Å². The smallest absolute Gasteiger partial charge is 0.326 e. The van der Waals surface area contributed by atoms with Crippen LogP contribution in [0, 0.1) is 5.92 Å². The minimum atomic E-state index is -0.545. The molecule has 0 spiro atoms. The van der Waals surface area contributed by atoms with Crippen LogP contribution >= 0.6 is 0 Å². The van der Waals surface area contributed by atoms with Crippen LogP contribution in [0.25, 0.3) is 0 Å². The largest absolute Gasteiger partial charge is 0.476 e. The number of hydrogen-bond acceptors (Lipinski definition) is 13. The predicted molar refractivity (Wildman–Crippen MR) is 158 cm³/mol. The lowest BCUT2D eigenvalue weighted by atomic mass is 10.1. The summed E-state index contributed by atoms with van der Waals surface area (Å²) in [6.45, 7) is 16.8. The molecule has 1 saturated heterocycles. The first kappa shape index (κ1) is 35.7. The summed E-state index contributed by atoms with van der Waals surface area (Å²) in [5.74, 6) is 0.762. The molecule has 13 heteroatoms. The Morgan fingerprint density at radius 1 is 1.22 bits per heavy atom. The van der Waals surface area contributed by atoms with Gasteiger partial charge < -0.3 is 34.3 Å². The molecule has 4 unspecified atom stereocenters. The number of allylic oxidation sites excluding steroid dienone is 1. The average molecular weight is 581 g/mol. The topological polar surface area (TPSA) is 159 Å². The summed E-state index contributed by atoms with van der Waals surface area (Å²) in [5, 5.41) is 5.92. The van der Waals surface area contributed by atoms with Gasteiger partial charge in [-0.1, -0.05) is 52.7 Å². The fourth-order valence-corrected chi connectivity index (χ4v) is 3.96. The quantitative estimate of drug-likeness (QED) is 0.113. The number of aliphatic imine (C=N–C) groups is 2. The van der Waals surface area contributed by atoms with Gasteiger partial charge in [-0.25, -0.2) is 10.0 Å². The molecular formula is C28H48N6O7. The Morgan fingerprint density at radius 2 is 1.88 bits per heavy atom. The van der Waals surface area contributed by atoms with E-state index in [2.05, 4.69) is 40.6 Å². The molecule has 13 nitrogen and oxygen atoms in total. The third-order valence-corrected chi connectivity index (χ3v) is 6.23. The molecule has 4 atom stereocenters. The van der Waals surface area contributed by atoms with Gasteiger partial charge in [0.2, 0.25) is 11.9 Å². The number of guanidine groups is 1. The standard InChI is InChI=1S/C27H46N6O6.CH2O/c1-7-20(3)39-32-22(5)26(34)37-15-13-11-9-8-10-12-14-36-24-21(4)29-18-33(31-27(28)30-24)25-19(2)16-23(38-25)17-35-6;1-2/h18-19,22-23,25,32H,3-4,7-17H2,1-2,5-6H3,(H2,28,31);1H2/b29-18?,30-24+;. The molecule has 0 aromatic rings. The number of hydroxylamine groups is 1. The second kappa shape index (κ2) is 20.6. The number of carbonyl (C=O) groups is 2. The summed E-state index contributed by atoms with van der Waals surface area (Å²) >= 11 is 0. The van der Waals surface area contributed by atoms with E-state index in [0.29, 0.717) is 37.7 Å². The van der Waals surface area contributed by atoms with Crippen molar-refractivity contribution in [3.05, 3.63) is 24.6 Å². The molecule has 2 aliphatic rings. The van der Waals surface area contributed by atoms with Gasteiger partial charge in [0, 0.05) is 19.4 Å². The Bertz CT molecular complexity index is 910. The van der Waals surface area contributed by atoms with Crippen LogP contribution in [0.4, 0.5) is 0 Å². The SMILES string of the molecule is C=C(CC)ONC(C)C(=O)OCCCCCCCCO/C1=N/C(N)=N\N(C2OC(COC)CC2C)C=NC1=C.C=O. The second-order valence-corrected chi connectivity index (χ2v) is 9.73. The van der Waals surface area contributed by atoms with Crippen LogP contribution in [0.3, 0.4) is 0 Å². The fraction of sp³-hybridized carbons (Fsp3) is 0.679. The Balaban J connectivity index is 0.00000411. The lowest BCUT2D eigenvalue weighted by Crippen LogP contribution is -2.37. The zero-order chi connectivity index (χ0) is 30.6. The molecule has 0 aromatic heterocycles. The van der Waals surface area contributed by atoms with E-state index in [1.807, 2.05) is 13.7 Å². The average Bonchev–Trinajstić information content (AvgIpc) is 3.33. The number of nitrogens with one attached hydrogen (secondary N) is 1. The molecule has 0 saturated carbocycles. The van der Waals surface area contributed by atoms with Crippen molar-refractivity contribution in [2.45, 2.75) is 90.5 Å². The molecule has 0 bridgehead atoms. The molecule has 0 radical (unpaired) electrons. The van der Waals surface area contributed by atoms with E-state index >= 15 is 0 Å². The van der Waals surface area contributed by atoms with Crippen LogP contribution in [-0.2, 0) is 33.4 Å². The van der Waals surface area contributed by atoms with Gasteiger partial charge in [0.15, 0.2) is 6.23 Å². The van der Waals surface area contributed by atoms with E-state index in [9.17, 15) is 4.79 Å². The number of rotatable bonds is 17. The van der Waals surface area contributed by atoms with Gasteiger partial charge in [-0.15, -0.1) is 10.6 Å². The normalized spacial score (nSPS) is 23.6. The van der Waals surface area contributed by atoms with Gasteiger partial charge in [-0.2, -0.15) is 4.99 Å². The lowest BCUT2D eigenvalue weighted by molar-refractivity contribution is -0.149. The molecule has 2 rings (SSSR count). The molecule has 2 heterocycles. The first-order valence-corrected chi connectivity index (χ1v) is 14.0. The number of hydrogen-bond donors (Lipinski definition) is 2. The highest BCUT2D eigenvalue weighted by Crippen LogP contribution is 2.29. The number of esters is 1. The van der Waals surface area contributed by atoms with E-state index in [1.54, 1.807) is 25.4 Å². The molecule has 41 heavy (non-hydrogen) atoms. The zero-order valence-corrected chi connectivity index (χ0v) is 25.0. The zero-order valence-electron chi connectivity index (χ0n) is 25.0. The summed E-state index contributed by atoms with van der Waals surface area (Å²) < 4.78 is 22.3. The lowest BCUT2D eigenvalue weighted by Gasteiger charge is -2.25. The van der Waals surface area contributed by atoms with Crippen molar-refractivity contribution in [3.63, 3.8) is 0 Å². The van der Waals surface area contributed by atoms with Gasteiger partial charge in [0.25, 0.3) is 0 Å². The maximum absolute atomic E-state index is 11.9. The third kappa shape index (κ3) is 13.8. The minimum absolute atomic E-state index is 0.00283. The Labute approximate surface area is 243 Å². The summed E-state index contributed by atoms with van der Waals surface area (Å²) in [6, 6.07) is -0.545. The first-order chi connectivity index (χ1) is 19.7. The molecule has 3 N–H and O–H groups in total. The molecule has 0 aromatic carbocycles. The number of hydrazone groups is 1. The minimum Gasteiger partial charge on any atom is -0.476 e. The van der Waals surface area contributed by atoms with E-state index in [4.69, 9.17) is 34.3 Å². The van der Waals surface area contributed by atoms with Crippen molar-refractivity contribution >= 4 is 31.0 Å². The third-order valence-electron chi connectivity index (χ3n) is 6.23. The maximum Gasteiger partial charge on any atom is 0.326 e. The van der Waals surface area contributed by atoms with E-state index < -0.39 is 6.04 Å². The van der Waals surface area contributed by atoms with Crippen molar-refractivity contribution in [3.8, 4) is 0 Å². The molecule has 2 aliphatic heterocycles. The van der Waals surface area contributed by atoms with Crippen molar-refractivity contribution in [2.24, 2.45) is 26.7 Å². The van der Waals surface area contributed by atoms with Crippen LogP contribution < -0.4 is 11.2 Å². The highest BCUT2D eigenvalue weighted by atomic mass is 16.7. The highest BCUT2D eigenvalue weighted by Gasteiger charge is 2.36. The monoisotopic (exact) mass is 580 g/mol. The predicted octanol–water partition coefficient (Wildman–Crippen LogP) is 3.42. The maximum atomic E-state index is 11.9. The molecule has 0 amide bonds. The van der Waals surface area contributed by atoms with Crippen LogP contribution in [0.5, 0.6) is 0 Å². The number of carbonyl (C=O) groups excluding carboxylic acids is 2. The van der Waals surface area contributed by atoms with Gasteiger partial charge in [-0.3, -0.25) is 4.79 Å². The number of methoxy groups -OCH3 is 1. The number of nitrogens with two attached hydrogens (primary N) is 1. The van der Waals surface area contributed by atoms with Crippen molar-refractivity contribution in [1.29, 1.82) is 0 Å².